The van der Waals surface area contributed by atoms with Crippen molar-refractivity contribution >= 4 is 25.7 Å². The van der Waals surface area contributed by atoms with Gasteiger partial charge in [-0.15, -0.1) is 0 Å². The topological polar surface area (TPSA) is 101 Å². The molecular formula is C16H22N4O4S2. The summed E-state index contributed by atoms with van der Waals surface area (Å²) in [6, 6.07) is 5.77. The van der Waals surface area contributed by atoms with Crippen LogP contribution in [0.15, 0.2) is 40.3 Å². The van der Waals surface area contributed by atoms with Crippen molar-refractivity contribution < 1.29 is 16.8 Å². The van der Waals surface area contributed by atoms with Crippen LogP contribution in [0.25, 0.3) is 0 Å². The van der Waals surface area contributed by atoms with E-state index >= 15 is 0 Å². The number of nitrogens with one attached hydrogen (secondary N) is 1. The van der Waals surface area contributed by atoms with Gasteiger partial charge in [-0.2, -0.15) is 9.40 Å². The minimum absolute atomic E-state index is 0.105. The highest BCUT2D eigenvalue weighted by Crippen LogP contribution is 2.24. The second-order valence-electron chi connectivity index (χ2n) is 6.18. The molecule has 0 saturated carbocycles. The normalized spacial score (nSPS) is 16.1. The summed E-state index contributed by atoms with van der Waals surface area (Å²) in [5, 5.41) is 4.14. The first kappa shape index (κ1) is 18.9. The zero-order valence-corrected chi connectivity index (χ0v) is 16.3. The maximum absolute atomic E-state index is 12.6. The number of aryl methyl sites for hydroxylation is 2. The van der Waals surface area contributed by atoms with Crippen LogP contribution in [0.2, 0.25) is 0 Å². The Hall–Kier alpha value is -1.91. The van der Waals surface area contributed by atoms with Crippen LogP contribution in [0.3, 0.4) is 0 Å². The molecule has 0 amide bonds. The first-order valence-corrected chi connectivity index (χ1v) is 11.3. The molecule has 0 aliphatic carbocycles. The van der Waals surface area contributed by atoms with Crippen LogP contribution < -0.4 is 4.72 Å². The summed E-state index contributed by atoms with van der Waals surface area (Å²) in [6.07, 6.45) is 3.20. The molecule has 142 valence electrons. The van der Waals surface area contributed by atoms with Crippen LogP contribution in [0.5, 0.6) is 0 Å². The van der Waals surface area contributed by atoms with Crippen LogP contribution in [-0.4, -0.2) is 44.0 Å². The van der Waals surface area contributed by atoms with Crippen molar-refractivity contribution in [3.8, 4) is 0 Å². The van der Waals surface area contributed by atoms with Gasteiger partial charge in [-0.25, -0.2) is 16.8 Å². The van der Waals surface area contributed by atoms with Gasteiger partial charge in [0.2, 0.25) is 10.0 Å². The summed E-state index contributed by atoms with van der Waals surface area (Å²) in [7, 11) is -7.31. The lowest BCUT2D eigenvalue weighted by Gasteiger charge is -2.15. The minimum Gasteiger partial charge on any atom is -0.280 e. The van der Waals surface area contributed by atoms with Crippen LogP contribution in [0.4, 0.5) is 5.69 Å². The molecule has 1 aliphatic rings. The summed E-state index contributed by atoms with van der Waals surface area (Å²) < 4.78 is 55.6. The molecule has 1 aliphatic heterocycles. The van der Waals surface area contributed by atoms with Gasteiger partial charge in [-0.1, -0.05) is 0 Å². The van der Waals surface area contributed by atoms with Crippen molar-refractivity contribution in [1.82, 2.24) is 14.1 Å². The third-order valence-electron chi connectivity index (χ3n) is 4.32. The molecule has 0 atom stereocenters. The van der Waals surface area contributed by atoms with E-state index in [0.717, 1.165) is 12.8 Å². The molecule has 1 aromatic heterocycles. The molecule has 3 rings (SSSR count). The van der Waals surface area contributed by atoms with Gasteiger partial charge < -0.3 is 0 Å². The van der Waals surface area contributed by atoms with Gasteiger partial charge in [0.1, 0.15) is 4.90 Å². The SMILES string of the molecule is CCn1cc(S(=O)(=O)Nc2ccc(S(=O)(=O)N3CCCC3)cc2)c(C)n1. The fourth-order valence-electron chi connectivity index (χ4n) is 2.91. The van der Waals surface area contributed by atoms with E-state index in [4.69, 9.17) is 0 Å². The number of nitrogens with zero attached hydrogens (tertiary/aromatic N) is 3. The van der Waals surface area contributed by atoms with Crippen LogP contribution in [0.1, 0.15) is 25.5 Å². The van der Waals surface area contributed by atoms with Crippen molar-refractivity contribution in [2.24, 2.45) is 0 Å². The predicted molar refractivity (Wildman–Crippen MR) is 97.9 cm³/mol. The number of hydrogen-bond acceptors (Lipinski definition) is 5. The molecule has 0 unspecified atom stereocenters. The fraction of sp³-hybridized carbons (Fsp3) is 0.438. The Morgan fingerprint density at radius 3 is 2.23 bits per heavy atom. The maximum Gasteiger partial charge on any atom is 0.265 e. The minimum atomic E-state index is -3.79. The van der Waals surface area contributed by atoms with Gasteiger partial charge in [0.05, 0.1) is 10.6 Å². The fourth-order valence-corrected chi connectivity index (χ4v) is 5.67. The van der Waals surface area contributed by atoms with E-state index in [1.54, 1.807) is 11.6 Å². The smallest absolute Gasteiger partial charge is 0.265 e. The van der Waals surface area contributed by atoms with Crippen LogP contribution in [-0.2, 0) is 26.6 Å². The van der Waals surface area contributed by atoms with Gasteiger partial charge in [0.15, 0.2) is 0 Å². The first-order valence-electron chi connectivity index (χ1n) is 8.41. The quantitative estimate of drug-likeness (QED) is 0.799. The molecule has 1 fully saturated rings. The van der Waals surface area contributed by atoms with Crippen LogP contribution in [0, 0.1) is 6.92 Å². The van der Waals surface area contributed by atoms with Crippen molar-refractivity contribution in [3.05, 3.63) is 36.2 Å². The number of hydrogen-bond donors (Lipinski definition) is 1. The standard InChI is InChI=1S/C16H22N4O4S2/c1-3-19-12-16(13(2)17-19)25(21,22)18-14-6-8-15(9-7-14)26(23,24)20-10-4-5-11-20/h6-9,12,18H,3-5,10-11H2,1-2H3. The Kier molecular flexibility index (Phi) is 5.09. The van der Waals surface area contributed by atoms with Crippen molar-refractivity contribution in [2.75, 3.05) is 17.8 Å². The highest BCUT2D eigenvalue weighted by Gasteiger charge is 2.27. The number of aromatic nitrogens is 2. The molecule has 2 heterocycles. The van der Waals surface area contributed by atoms with Crippen LogP contribution >= 0.6 is 0 Å². The lowest BCUT2D eigenvalue weighted by molar-refractivity contribution is 0.477. The second kappa shape index (κ2) is 7.01. The highest BCUT2D eigenvalue weighted by molar-refractivity contribution is 7.92. The molecule has 26 heavy (non-hydrogen) atoms. The van der Waals surface area contributed by atoms with E-state index < -0.39 is 20.0 Å². The zero-order chi connectivity index (χ0) is 18.9. The molecule has 2 aromatic rings. The van der Waals surface area contributed by atoms with Crippen molar-refractivity contribution in [1.29, 1.82) is 0 Å². The molecule has 8 nitrogen and oxygen atoms in total. The maximum atomic E-state index is 12.6. The van der Waals surface area contributed by atoms with Gasteiger partial charge >= 0.3 is 0 Å². The van der Waals surface area contributed by atoms with E-state index in [9.17, 15) is 16.8 Å². The zero-order valence-electron chi connectivity index (χ0n) is 14.7. The lowest BCUT2D eigenvalue weighted by atomic mass is 10.3. The third kappa shape index (κ3) is 3.62. The predicted octanol–water partition coefficient (Wildman–Crippen LogP) is 1.80. The van der Waals surface area contributed by atoms with E-state index in [-0.39, 0.29) is 9.79 Å². The summed E-state index contributed by atoms with van der Waals surface area (Å²) in [5.74, 6) is 0. The molecule has 0 spiro atoms. The average molecular weight is 399 g/mol. The number of anilines is 1. The Balaban J connectivity index is 1.81. The molecule has 1 saturated heterocycles. The van der Waals surface area contributed by atoms with Gasteiger partial charge in [-0.3, -0.25) is 9.40 Å². The molecule has 0 radical (unpaired) electrons. The lowest BCUT2D eigenvalue weighted by Crippen LogP contribution is -2.27. The number of benzene rings is 1. The van der Waals surface area contributed by atoms with E-state index in [0.29, 0.717) is 31.0 Å². The van der Waals surface area contributed by atoms with Gasteiger partial charge in [-0.05, 0) is 51.0 Å². The van der Waals surface area contributed by atoms with Gasteiger partial charge in [0, 0.05) is 31.5 Å². The van der Waals surface area contributed by atoms with Gasteiger partial charge in [0.25, 0.3) is 10.0 Å². The molecule has 10 heteroatoms. The molecule has 1 aromatic carbocycles. The van der Waals surface area contributed by atoms with Crippen molar-refractivity contribution in [2.45, 2.75) is 43.0 Å². The Bertz CT molecular complexity index is 989. The molecule has 1 N–H and O–H groups in total. The van der Waals surface area contributed by atoms with E-state index in [1.165, 1.54) is 34.8 Å². The molecular weight excluding hydrogens is 376 g/mol. The molecule has 0 bridgehead atoms. The highest BCUT2D eigenvalue weighted by atomic mass is 32.2. The van der Waals surface area contributed by atoms with E-state index in [2.05, 4.69) is 9.82 Å². The summed E-state index contributed by atoms with van der Waals surface area (Å²) in [6.45, 7) is 5.12. The number of sulfonamides is 2. The Morgan fingerprint density at radius 2 is 1.69 bits per heavy atom. The summed E-state index contributed by atoms with van der Waals surface area (Å²) in [4.78, 5) is 0.269. The first-order chi connectivity index (χ1) is 12.2. The number of rotatable bonds is 6. The third-order valence-corrected chi connectivity index (χ3v) is 7.72. The van der Waals surface area contributed by atoms with Crippen molar-refractivity contribution in [3.63, 3.8) is 0 Å². The van der Waals surface area contributed by atoms with E-state index in [1.807, 2.05) is 6.92 Å². The average Bonchev–Trinajstić information content (AvgIpc) is 3.25. The second-order valence-corrected chi connectivity index (χ2v) is 9.76. The summed E-state index contributed by atoms with van der Waals surface area (Å²) >= 11 is 0. The Labute approximate surface area is 153 Å². The monoisotopic (exact) mass is 398 g/mol. The Morgan fingerprint density at radius 1 is 1.08 bits per heavy atom. The largest absolute Gasteiger partial charge is 0.280 e. The summed E-state index contributed by atoms with van der Waals surface area (Å²) in [5.41, 5.74) is 0.710.